The van der Waals surface area contributed by atoms with Gasteiger partial charge in [0.2, 0.25) is 0 Å². The highest BCUT2D eigenvalue weighted by Gasteiger charge is 2.24. The second-order valence-electron chi connectivity index (χ2n) is 7.92. The second kappa shape index (κ2) is 10.3. The quantitative estimate of drug-likeness (QED) is 0.584. The maximum Gasteiger partial charge on any atom is 0.338 e. The first-order chi connectivity index (χ1) is 15.6. The van der Waals surface area contributed by atoms with Crippen LogP contribution in [0.3, 0.4) is 0 Å². The van der Waals surface area contributed by atoms with Gasteiger partial charge in [0.1, 0.15) is 12.4 Å². The first kappa shape index (κ1) is 21.8. The van der Waals surface area contributed by atoms with E-state index in [2.05, 4.69) is 10.6 Å². The van der Waals surface area contributed by atoms with Gasteiger partial charge in [-0.3, -0.25) is 9.59 Å². The predicted octanol–water partition coefficient (Wildman–Crippen LogP) is 2.93. The lowest BCUT2D eigenvalue weighted by molar-refractivity contribution is -0.119. The summed E-state index contributed by atoms with van der Waals surface area (Å²) in [4.78, 5) is 36.5. The third kappa shape index (κ3) is 6.31. The molecule has 8 nitrogen and oxygen atoms in total. The molecule has 0 radical (unpaired) electrons. The van der Waals surface area contributed by atoms with Crippen LogP contribution in [0.2, 0.25) is 0 Å². The van der Waals surface area contributed by atoms with Gasteiger partial charge in [-0.15, -0.1) is 0 Å². The number of esters is 1. The van der Waals surface area contributed by atoms with Crippen molar-refractivity contribution in [2.45, 2.75) is 37.8 Å². The molecular formula is C24H26N2O6. The predicted molar refractivity (Wildman–Crippen MR) is 117 cm³/mol. The number of nitrogens with one attached hydrogen (secondary N) is 2. The summed E-state index contributed by atoms with van der Waals surface area (Å²) in [6.45, 7) is 0.815. The minimum atomic E-state index is -0.608. The van der Waals surface area contributed by atoms with Crippen molar-refractivity contribution in [3.63, 3.8) is 0 Å². The van der Waals surface area contributed by atoms with Crippen LogP contribution >= 0.6 is 0 Å². The van der Waals surface area contributed by atoms with E-state index in [4.69, 9.17) is 14.2 Å². The van der Waals surface area contributed by atoms with Gasteiger partial charge < -0.3 is 24.8 Å². The Morgan fingerprint density at radius 3 is 2.53 bits per heavy atom. The number of hydrogen-bond acceptors (Lipinski definition) is 6. The van der Waals surface area contributed by atoms with E-state index in [-0.39, 0.29) is 18.1 Å². The van der Waals surface area contributed by atoms with Crippen molar-refractivity contribution in [1.82, 2.24) is 5.32 Å². The van der Waals surface area contributed by atoms with E-state index in [0.717, 1.165) is 32.3 Å². The highest BCUT2D eigenvalue weighted by molar-refractivity contribution is 5.98. The maximum atomic E-state index is 12.2. The van der Waals surface area contributed by atoms with Crippen LogP contribution in [0.5, 0.6) is 5.75 Å². The van der Waals surface area contributed by atoms with Crippen LogP contribution in [0.1, 0.15) is 46.4 Å². The van der Waals surface area contributed by atoms with Crippen molar-refractivity contribution in [1.29, 1.82) is 0 Å². The van der Waals surface area contributed by atoms with E-state index in [9.17, 15) is 14.4 Å². The molecule has 1 saturated carbocycles. The number of ether oxygens (including phenoxy) is 3. The third-order valence-electron chi connectivity index (χ3n) is 5.21. The van der Waals surface area contributed by atoms with Gasteiger partial charge in [-0.05, 0) is 68.1 Å². The fraction of sp³-hybridized carbons (Fsp3) is 0.375. The van der Waals surface area contributed by atoms with Gasteiger partial charge in [-0.2, -0.15) is 0 Å². The lowest BCUT2D eigenvalue weighted by Gasteiger charge is -2.11. The van der Waals surface area contributed by atoms with Crippen molar-refractivity contribution in [3.8, 4) is 5.75 Å². The van der Waals surface area contributed by atoms with Crippen molar-refractivity contribution in [2.75, 3.05) is 25.1 Å². The second-order valence-corrected chi connectivity index (χ2v) is 7.92. The van der Waals surface area contributed by atoms with Gasteiger partial charge >= 0.3 is 5.97 Å². The van der Waals surface area contributed by atoms with Crippen LogP contribution in [0, 0.1) is 0 Å². The lowest BCUT2D eigenvalue weighted by atomic mass is 10.2. The first-order valence-corrected chi connectivity index (χ1v) is 10.8. The Morgan fingerprint density at radius 2 is 1.81 bits per heavy atom. The van der Waals surface area contributed by atoms with E-state index in [1.165, 1.54) is 0 Å². The van der Waals surface area contributed by atoms with E-state index in [1.54, 1.807) is 48.5 Å². The summed E-state index contributed by atoms with van der Waals surface area (Å²) in [7, 11) is 0. The molecule has 168 valence electrons. The van der Waals surface area contributed by atoms with E-state index < -0.39 is 18.5 Å². The Morgan fingerprint density at radius 1 is 1.00 bits per heavy atom. The Bertz CT molecular complexity index is 965. The summed E-state index contributed by atoms with van der Waals surface area (Å²) >= 11 is 0. The summed E-state index contributed by atoms with van der Waals surface area (Å²) < 4.78 is 16.3. The number of rotatable bonds is 9. The molecule has 8 heteroatoms. The zero-order valence-electron chi connectivity index (χ0n) is 17.7. The van der Waals surface area contributed by atoms with Crippen molar-refractivity contribution in [2.24, 2.45) is 0 Å². The number of amides is 2. The molecule has 1 saturated heterocycles. The monoisotopic (exact) mass is 438 g/mol. The van der Waals surface area contributed by atoms with Crippen LogP contribution in [-0.4, -0.2) is 49.8 Å². The van der Waals surface area contributed by atoms with Crippen molar-refractivity contribution >= 4 is 23.5 Å². The molecule has 1 heterocycles. The summed E-state index contributed by atoms with van der Waals surface area (Å²) in [5.41, 5.74) is 1.25. The number of anilines is 1. The standard InChI is InChI=1S/C24H26N2O6/c27-22(25-19-4-1-3-17(13-19)23(28)26-18-8-9-18)15-32-24(29)16-6-10-20(11-7-16)31-14-21-5-2-12-30-21/h1,3-4,6-7,10-11,13,18,21H,2,5,8-9,12,14-15H2,(H,25,27)(H,26,28). The molecule has 2 N–H and O–H groups in total. The molecule has 0 spiro atoms. The average Bonchev–Trinajstić information content (AvgIpc) is 3.46. The lowest BCUT2D eigenvalue weighted by Crippen LogP contribution is -2.25. The number of benzene rings is 2. The molecule has 32 heavy (non-hydrogen) atoms. The Labute approximate surface area is 186 Å². The summed E-state index contributed by atoms with van der Waals surface area (Å²) in [6.07, 6.45) is 4.15. The molecule has 2 aromatic carbocycles. The number of carbonyl (C=O) groups is 3. The minimum Gasteiger partial charge on any atom is -0.491 e. The zero-order chi connectivity index (χ0) is 22.3. The molecular weight excluding hydrogens is 412 g/mol. The fourth-order valence-corrected chi connectivity index (χ4v) is 3.30. The molecule has 2 aliphatic rings. The summed E-state index contributed by atoms with van der Waals surface area (Å²) in [6, 6.07) is 13.4. The normalized spacial score (nSPS) is 17.4. The number of carbonyl (C=O) groups excluding carboxylic acids is 3. The highest BCUT2D eigenvalue weighted by atomic mass is 16.5. The summed E-state index contributed by atoms with van der Waals surface area (Å²) in [5, 5.41) is 5.54. The number of hydrogen-bond donors (Lipinski definition) is 2. The van der Waals surface area contributed by atoms with Crippen molar-refractivity contribution in [3.05, 3.63) is 59.7 Å². The van der Waals surface area contributed by atoms with Crippen LogP contribution < -0.4 is 15.4 Å². The SMILES string of the molecule is O=C(COC(=O)c1ccc(OCC2CCCO2)cc1)Nc1cccc(C(=O)NC2CC2)c1. The van der Waals surface area contributed by atoms with Crippen molar-refractivity contribution < 1.29 is 28.6 Å². The smallest absolute Gasteiger partial charge is 0.338 e. The minimum absolute atomic E-state index is 0.117. The molecule has 0 bridgehead atoms. The van der Waals surface area contributed by atoms with Gasteiger partial charge in [-0.25, -0.2) is 4.79 Å². The van der Waals surface area contributed by atoms with E-state index in [0.29, 0.717) is 29.2 Å². The van der Waals surface area contributed by atoms with Crippen LogP contribution in [0.15, 0.2) is 48.5 Å². The Hall–Kier alpha value is -3.39. The summed E-state index contributed by atoms with van der Waals surface area (Å²) in [5.74, 6) is -0.628. The van der Waals surface area contributed by atoms with Gasteiger partial charge in [0.05, 0.1) is 11.7 Å². The molecule has 4 rings (SSSR count). The maximum absolute atomic E-state index is 12.2. The fourth-order valence-electron chi connectivity index (χ4n) is 3.30. The first-order valence-electron chi connectivity index (χ1n) is 10.8. The zero-order valence-corrected chi connectivity index (χ0v) is 17.7. The molecule has 2 aromatic rings. The molecule has 1 aliphatic carbocycles. The molecule has 2 fully saturated rings. The van der Waals surface area contributed by atoms with Crippen LogP contribution in [0.25, 0.3) is 0 Å². The molecule has 1 atom stereocenters. The third-order valence-corrected chi connectivity index (χ3v) is 5.21. The van der Waals surface area contributed by atoms with Crippen LogP contribution in [0.4, 0.5) is 5.69 Å². The highest BCUT2D eigenvalue weighted by Crippen LogP contribution is 2.20. The van der Waals surface area contributed by atoms with Gasteiger partial charge in [0.25, 0.3) is 11.8 Å². The van der Waals surface area contributed by atoms with E-state index >= 15 is 0 Å². The molecule has 1 aliphatic heterocycles. The van der Waals surface area contributed by atoms with Gasteiger partial charge in [0.15, 0.2) is 6.61 Å². The van der Waals surface area contributed by atoms with E-state index in [1.807, 2.05) is 0 Å². The van der Waals surface area contributed by atoms with Gasteiger partial charge in [-0.1, -0.05) is 6.07 Å². The Balaban J connectivity index is 1.22. The topological polar surface area (TPSA) is 103 Å². The largest absolute Gasteiger partial charge is 0.491 e. The Kier molecular flexibility index (Phi) is 7.01. The average molecular weight is 438 g/mol. The van der Waals surface area contributed by atoms with Crippen LogP contribution in [-0.2, 0) is 14.3 Å². The molecule has 1 unspecified atom stereocenters. The molecule has 0 aromatic heterocycles. The van der Waals surface area contributed by atoms with Gasteiger partial charge in [0, 0.05) is 23.9 Å². The molecule has 2 amide bonds.